The Bertz CT molecular complexity index is 588. The van der Waals surface area contributed by atoms with Crippen LogP contribution < -0.4 is 4.57 Å². The number of carbonyl (C=O) groups excluding carboxylic acids is 1. The number of rotatable bonds is 1. The van der Waals surface area contributed by atoms with E-state index in [1.54, 1.807) is 19.0 Å². The summed E-state index contributed by atoms with van der Waals surface area (Å²) in [6.07, 6.45) is 0. The molecule has 0 spiro atoms. The number of aryl methyl sites for hydroxylation is 1. The summed E-state index contributed by atoms with van der Waals surface area (Å²) in [5, 5.41) is 1.09. The van der Waals surface area contributed by atoms with Crippen molar-refractivity contribution in [2.45, 2.75) is 6.92 Å². The molecule has 17 heavy (non-hydrogen) atoms. The zero-order valence-corrected chi connectivity index (χ0v) is 10.7. The lowest BCUT2D eigenvalue weighted by atomic mass is 10.1. The summed E-state index contributed by atoms with van der Waals surface area (Å²) in [6, 6.07) is 10.1. The quantitative estimate of drug-likeness (QED) is 0.683. The zero-order chi connectivity index (χ0) is 12.6. The molecule has 3 nitrogen and oxygen atoms in total. The standard InChI is InChI=1S/C14H17N2O/c1-10-12(14(17)15(2)3)9-11-7-5-6-8-13(11)16(10)4/h5-9H,1-4H3/q+1. The summed E-state index contributed by atoms with van der Waals surface area (Å²) in [4.78, 5) is 13.7. The minimum Gasteiger partial charge on any atom is -0.345 e. The largest absolute Gasteiger partial charge is 0.345 e. The van der Waals surface area contributed by atoms with Gasteiger partial charge in [0.1, 0.15) is 12.6 Å². The van der Waals surface area contributed by atoms with E-state index in [2.05, 4.69) is 10.6 Å². The number of aromatic nitrogens is 1. The van der Waals surface area contributed by atoms with Gasteiger partial charge in [0, 0.05) is 32.5 Å². The van der Waals surface area contributed by atoms with E-state index in [1.807, 2.05) is 38.2 Å². The number of nitrogens with zero attached hydrogens (tertiary/aromatic N) is 2. The highest BCUT2D eigenvalue weighted by molar-refractivity contribution is 5.97. The molecular formula is C14H17N2O+. The molecule has 0 aliphatic carbocycles. The molecule has 1 amide bonds. The summed E-state index contributed by atoms with van der Waals surface area (Å²) in [5.41, 5.74) is 2.89. The molecule has 0 N–H and O–H groups in total. The number of pyridine rings is 1. The molecule has 0 saturated heterocycles. The second-order valence-corrected chi connectivity index (χ2v) is 4.46. The van der Waals surface area contributed by atoms with Crippen molar-refractivity contribution in [2.24, 2.45) is 7.05 Å². The molecule has 1 aromatic carbocycles. The van der Waals surface area contributed by atoms with Crippen LogP contribution in [0.1, 0.15) is 16.1 Å². The van der Waals surface area contributed by atoms with E-state index in [4.69, 9.17) is 0 Å². The van der Waals surface area contributed by atoms with Crippen molar-refractivity contribution in [1.29, 1.82) is 0 Å². The number of carbonyl (C=O) groups is 1. The van der Waals surface area contributed by atoms with Gasteiger partial charge in [-0.2, -0.15) is 4.57 Å². The Morgan fingerprint density at radius 3 is 2.53 bits per heavy atom. The fourth-order valence-corrected chi connectivity index (χ4v) is 1.99. The maximum Gasteiger partial charge on any atom is 0.259 e. The first-order chi connectivity index (χ1) is 8.02. The van der Waals surface area contributed by atoms with Crippen molar-refractivity contribution in [2.75, 3.05) is 14.1 Å². The van der Waals surface area contributed by atoms with Crippen LogP contribution in [0.4, 0.5) is 0 Å². The van der Waals surface area contributed by atoms with Crippen molar-refractivity contribution in [3.63, 3.8) is 0 Å². The van der Waals surface area contributed by atoms with E-state index in [0.717, 1.165) is 22.2 Å². The van der Waals surface area contributed by atoms with Crippen LogP contribution in [-0.4, -0.2) is 24.9 Å². The summed E-state index contributed by atoms with van der Waals surface area (Å²) < 4.78 is 2.06. The number of benzene rings is 1. The average molecular weight is 229 g/mol. The minimum absolute atomic E-state index is 0.0452. The van der Waals surface area contributed by atoms with Crippen LogP contribution in [0.15, 0.2) is 30.3 Å². The second kappa shape index (κ2) is 4.17. The third-order valence-electron chi connectivity index (χ3n) is 3.13. The van der Waals surface area contributed by atoms with E-state index in [1.165, 1.54) is 0 Å². The highest BCUT2D eigenvalue weighted by Crippen LogP contribution is 2.15. The first kappa shape index (κ1) is 11.6. The fourth-order valence-electron chi connectivity index (χ4n) is 1.99. The van der Waals surface area contributed by atoms with Crippen molar-refractivity contribution in [1.82, 2.24) is 4.90 Å². The second-order valence-electron chi connectivity index (χ2n) is 4.46. The van der Waals surface area contributed by atoms with Crippen LogP contribution in [-0.2, 0) is 7.05 Å². The topological polar surface area (TPSA) is 24.2 Å². The fraction of sp³-hybridized carbons (Fsp3) is 0.286. The molecule has 3 heteroatoms. The van der Waals surface area contributed by atoms with Gasteiger partial charge in [-0.15, -0.1) is 0 Å². The van der Waals surface area contributed by atoms with Crippen LogP contribution in [0, 0.1) is 6.92 Å². The van der Waals surface area contributed by atoms with Crippen molar-refractivity contribution in [3.8, 4) is 0 Å². The van der Waals surface area contributed by atoms with Gasteiger partial charge in [-0.3, -0.25) is 4.79 Å². The molecule has 0 atom stereocenters. The molecule has 1 heterocycles. The SMILES string of the molecule is Cc1c(C(=O)N(C)C)cc2ccccc2[n+]1C. The van der Waals surface area contributed by atoms with Crippen LogP contribution >= 0.6 is 0 Å². The summed E-state index contributed by atoms with van der Waals surface area (Å²) in [5.74, 6) is 0.0452. The van der Waals surface area contributed by atoms with Gasteiger partial charge in [0.15, 0.2) is 5.69 Å². The van der Waals surface area contributed by atoms with Gasteiger partial charge in [0.25, 0.3) is 5.91 Å². The number of fused-ring (bicyclic) bond motifs is 1. The molecule has 0 saturated carbocycles. The molecule has 0 aliphatic heterocycles. The van der Waals surface area contributed by atoms with Crippen molar-refractivity contribution >= 4 is 16.8 Å². The van der Waals surface area contributed by atoms with E-state index in [9.17, 15) is 4.79 Å². The van der Waals surface area contributed by atoms with E-state index >= 15 is 0 Å². The predicted molar refractivity (Wildman–Crippen MR) is 67.9 cm³/mol. The molecule has 2 rings (SSSR count). The van der Waals surface area contributed by atoms with Crippen LogP contribution in [0.25, 0.3) is 10.9 Å². The summed E-state index contributed by atoms with van der Waals surface area (Å²) in [7, 11) is 5.54. The Labute approximate surface area is 101 Å². The summed E-state index contributed by atoms with van der Waals surface area (Å²) >= 11 is 0. The summed E-state index contributed by atoms with van der Waals surface area (Å²) in [6.45, 7) is 1.98. The van der Waals surface area contributed by atoms with Gasteiger partial charge in [0.05, 0.1) is 0 Å². The number of hydrogen-bond donors (Lipinski definition) is 0. The smallest absolute Gasteiger partial charge is 0.259 e. The van der Waals surface area contributed by atoms with Gasteiger partial charge in [-0.05, 0) is 12.1 Å². The van der Waals surface area contributed by atoms with E-state index in [-0.39, 0.29) is 5.91 Å². The lowest BCUT2D eigenvalue weighted by Gasteiger charge is -2.12. The van der Waals surface area contributed by atoms with E-state index < -0.39 is 0 Å². The number of para-hydroxylation sites is 1. The van der Waals surface area contributed by atoms with Crippen LogP contribution in [0.5, 0.6) is 0 Å². The van der Waals surface area contributed by atoms with Crippen molar-refractivity contribution < 1.29 is 9.36 Å². The number of amides is 1. The Balaban J connectivity index is 2.74. The molecule has 2 aromatic rings. The average Bonchev–Trinajstić information content (AvgIpc) is 2.33. The molecule has 0 fully saturated rings. The molecule has 1 aromatic heterocycles. The Morgan fingerprint density at radius 2 is 1.88 bits per heavy atom. The monoisotopic (exact) mass is 229 g/mol. The molecule has 0 bridgehead atoms. The number of hydrogen-bond acceptors (Lipinski definition) is 1. The van der Waals surface area contributed by atoms with Gasteiger partial charge < -0.3 is 4.90 Å². The van der Waals surface area contributed by atoms with Gasteiger partial charge in [0.2, 0.25) is 5.52 Å². The highest BCUT2D eigenvalue weighted by atomic mass is 16.2. The molecule has 88 valence electrons. The maximum atomic E-state index is 12.1. The zero-order valence-electron chi connectivity index (χ0n) is 10.7. The molecule has 0 radical (unpaired) electrons. The normalized spacial score (nSPS) is 10.6. The third kappa shape index (κ3) is 1.88. The Morgan fingerprint density at radius 1 is 1.24 bits per heavy atom. The lowest BCUT2D eigenvalue weighted by Crippen LogP contribution is -2.36. The first-order valence-electron chi connectivity index (χ1n) is 5.62. The lowest BCUT2D eigenvalue weighted by molar-refractivity contribution is -0.651. The first-order valence-corrected chi connectivity index (χ1v) is 5.62. The molecule has 0 aliphatic rings. The minimum atomic E-state index is 0.0452. The van der Waals surface area contributed by atoms with Crippen LogP contribution in [0.2, 0.25) is 0 Å². The van der Waals surface area contributed by atoms with Gasteiger partial charge in [-0.25, -0.2) is 0 Å². The third-order valence-corrected chi connectivity index (χ3v) is 3.13. The maximum absolute atomic E-state index is 12.1. The molecule has 0 unspecified atom stereocenters. The molecular weight excluding hydrogens is 212 g/mol. The predicted octanol–water partition coefficient (Wildman–Crippen LogP) is 1.67. The van der Waals surface area contributed by atoms with E-state index in [0.29, 0.717) is 0 Å². The van der Waals surface area contributed by atoms with Gasteiger partial charge >= 0.3 is 0 Å². The Hall–Kier alpha value is -1.90. The van der Waals surface area contributed by atoms with Gasteiger partial charge in [-0.1, -0.05) is 12.1 Å². The van der Waals surface area contributed by atoms with Crippen LogP contribution in [0.3, 0.4) is 0 Å². The highest BCUT2D eigenvalue weighted by Gasteiger charge is 2.20. The van der Waals surface area contributed by atoms with Crippen molar-refractivity contribution in [3.05, 3.63) is 41.6 Å². The Kier molecular flexibility index (Phi) is 2.84.